The van der Waals surface area contributed by atoms with E-state index in [0.29, 0.717) is 22.5 Å². The molecule has 4 aromatic rings. The first-order valence-corrected chi connectivity index (χ1v) is 8.46. The predicted molar refractivity (Wildman–Crippen MR) is 101 cm³/mol. The molecule has 0 aliphatic carbocycles. The molecule has 1 N–H and O–H groups in total. The molecule has 0 aliphatic heterocycles. The van der Waals surface area contributed by atoms with Crippen LogP contribution in [-0.2, 0) is 6.80 Å². The number of anilines is 1. The molecular formula is C19H14FN7O2. The third-order valence-corrected chi connectivity index (χ3v) is 4.24. The Balaban J connectivity index is 1.77. The zero-order valence-electron chi connectivity index (χ0n) is 15.2. The summed E-state index contributed by atoms with van der Waals surface area (Å²) >= 11 is 0. The van der Waals surface area contributed by atoms with Crippen molar-refractivity contribution in [2.24, 2.45) is 0 Å². The highest BCUT2D eigenvalue weighted by molar-refractivity contribution is 6.09. The summed E-state index contributed by atoms with van der Waals surface area (Å²) in [5.74, 6) is -0.0463. The third kappa shape index (κ3) is 3.25. The van der Waals surface area contributed by atoms with E-state index in [1.807, 2.05) is 6.07 Å². The zero-order valence-corrected chi connectivity index (χ0v) is 15.2. The number of nitrogens with one attached hydrogen (secondary N) is 1. The Hall–Kier alpha value is -4.26. The summed E-state index contributed by atoms with van der Waals surface area (Å²) in [5, 5.41) is 20.2. The van der Waals surface area contributed by atoms with Crippen LogP contribution in [0.1, 0.15) is 15.9 Å². The first kappa shape index (κ1) is 18.1. The molecule has 10 heteroatoms. The molecule has 0 radical (unpaired) electrons. The van der Waals surface area contributed by atoms with E-state index >= 15 is 0 Å². The highest BCUT2D eigenvalue weighted by atomic mass is 19.1. The van der Waals surface area contributed by atoms with E-state index in [1.54, 1.807) is 36.7 Å². The van der Waals surface area contributed by atoms with Crippen molar-refractivity contribution < 1.29 is 13.9 Å². The van der Waals surface area contributed by atoms with Gasteiger partial charge in [0.05, 0.1) is 36.8 Å². The monoisotopic (exact) mass is 391 g/mol. The van der Waals surface area contributed by atoms with Gasteiger partial charge in [-0.05, 0) is 24.3 Å². The van der Waals surface area contributed by atoms with Crippen LogP contribution in [0.15, 0.2) is 49.1 Å². The molecule has 9 nitrogen and oxygen atoms in total. The number of fused-ring (bicyclic) bond motifs is 1. The summed E-state index contributed by atoms with van der Waals surface area (Å²) in [4.78, 5) is 17.0. The van der Waals surface area contributed by atoms with Crippen molar-refractivity contribution >= 4 is 17.2 Å². The molecule has 1 amide bonds. The van der Waals surface area contributed by atoms with E-state index in [1.165, 1.54) is 24.0 Å². The number of alkyl halides is 1. The normalized spacial score (nSPS) is 10.7. The Bertz CT molecular complexity index is 1260. The summed E-state index contributed by atoms with van der Waals surface area (Å²) in [6.45, 7) is -0.888. The Morgan fingerprint density at radius 1 is 1.41 bits per heavy atom. The number of benzene rings is 1. The Kier molecular flexibility index (Phi) is 4.62. The fraction of sp³-hybridized carbons (Fsp3) is 0.105. The number of carbonyl (C=O) groups is 1. The number of amides is 1. The van der Waals surface area contributed by atoms with Crippen LogP contribution in [0.2, 0.25) is 0 Å². The van der Waals surface area contributed by atoms with Crippen LogP contribution in [0.4, 0.5) is 10.1 Å². The van der Waals surface area contributed by atoms with Gasteiger partial charge >= 0.3 is 0 Å². The van der Waals surface area contributed by atoms with Crippen LogP contribution in [0.3, 0.4) is 0 Å². The topological polar surface area (TPSA) is 110 Å². The van der Waals surface area contributed by atoms with Gasteiger partial charge in [0.25, 0.3) is 5.91 Å². The smallest absolute Gasteiger partial charge is 0.261 e. The van der Waals surface area contributed by atoms with E-state index in [4.69, 9.17) is 4.74 Å². The lowest BCUT2D eigenvalue weighted by molar-refractivity contribution is 0.102. The van der Waals surface area contributed by atoms with Gasteiger partial charge in [0.2, 0.25) is 0 Å². The molecule has 0 fully saturated rings. The maximum absolute atomic E-state index is 13.3. The average molecular weight is 391 g/mol. The zero-order chi connectivity index (χ0) is 20.4. The van der Waals surface area contributed by atoms with Gasteiger partial charge in [-0.25, -0.2) is 18.6 Å². The fourth-order valence-corrected chi connectivity index (χ4v) is 2.91. The Morgan fingerprint density at radius 2 is 2.28 bits per heavy atom. The van der Waals surface area contributed by atoms with Crippen molar-refractivity contribution in [1.82, 2.24) is 24.4 Å². The van der Waals surface area contributed by atoms with E-state index in [0.717, 1.165) is 4.68 Å². The quantitative estimate of drug-likeness (QED) is 0.560. The molecule has 29 heavy (non-hydrogen) atoms. The minimum absolute atomic E-state index is 0.252. The number of hydrogen-bond donors (Lipinski definition) is 1. The highest BCUT2D eigenvalue weighted by Gasteiger charge is 2.20. The second-order valence-electron chi connectivity index (χ2n) is 5.98. The number of methoxy groups -OCH3 is 1. The molecular weight excluding hydrogens is 377 g/mol. The molecule has 4 rings (SSSR count). The van der Waals surface area contributed by atoms with Crippen LogP contribution < -0.4 is 10.1 Å². The van der Waals surface area contributed by atoms with E-state index in [2.05, 4.69) is 20.5 Å². The van der Waals surface area contributed by atoms with Crippen molar-refractivity contribution in [2.75, 3.05) is 12.4 Å². The summed E-state index contributed by atoms with van der Waals surface area (Å²) in [5.41, 5.74) is 1.99. The molecule has 0 saturated heterocycles. The molecule has 0 atom stereocenters. The van der Waals surface area contributed by atoms with Crippen molar-refractivity contribution in [1.29, 1.82) is 5.26 Å². The van der Waals surface area contributed by atoms with Crippen molar-refractivity contribution in [2.45, 2.75) is 6.80 Å². The molecule has 0 unspecified atom stereocenters. The number of nitriles is 1. The number of rotatable bonds is 5. The van der Waals surface area contributed by atoms with E-state index < -0.39 is 12.7 Å². The maximum atomic E-state index is 13.3. The summed E-state index contributed by atoms with van der Waals surface area (Å²) < 4.78 is 21.1. The number of hydrogen-bond acceptors (Lipinski definition) is 6. The van der Waals surface area contributed by atoms with Gasteiger partial charge in [0.15, 0.2) is 12.4 Å². The highest BCUT2D eigenvalue weighted by Crippen LogP contribution is 2.35. The van der Waals surface area contributed by atoms with Crippen LogP contribution in [0.5, 0.6) is 5.75 Å². The number of carbonyl (C=O) groups excluding carboxylic acids is 1. The first-order valence-electron chi connectivity index (χ1n) is 8.46. The first-order chi connectivity index (χ1) is 14.1. The third-order valence-electron chi connectivity index (χ3n) is 4.24. The Morgan fingerprint density at radius 3 is 3.03 bits per heavy atom. The molecule has 0 spiro atoms. The lowest BCUT2D eigenvalue weighted by Gasteiger charge is -2.09. The van der Waals surface area contributed by atoms with Crippen LogP contribution in [0, 0.1) is 11.3 Å². The summed E-state index contributed by atoms with van der Waals surface area (Å²) in [7, 11) is 1.47. The number of halogens is 1. The van der Waals surface area contributed by atoms with Crippen LogP contribution >= 0.6 is 0 Å². The lowest BCUT2D eigenvalue weighted by Crippen LogP contribution is -2.12. The largest absolute Gasteiger partial charge is 0.496 e. The standard InChI is InChI=1S/C19H14FN7O2/c1-29-16-4-3-12(8-21)7-13(16)17-15(10-26(11-20)25-17)24-19(28)14-9-23-27-6-2-5-22-18(14)27/h2-7,9-10H,11H2,1H3,(H,24,28). The SMILES string of the molecule is COc1ccc(C#N)cc1-c1nn(CF)cc1NC(=O)c1cnn2cccnc12. The van der Waals surface area contributed by atoms with Gasteiger partial charge in [0.1, 0.15) is 17.0 Å². The van der Waals surface area contributed by atoms with Crippen molar-refractivity contribution in [3.8, 4) is 23.1 Å². The molecule has 144 valence electrons. The van der Waals surface area contributed by atoms with Gasteiger partial charge < -0.3 is 10.1 Å². The summed E-state index contributed by atoms with van der Waals surface area (Å²) in [6.07, 6.45) is 5.99. The second kappa shape index (κ2) is 7.40. The van der Waals surface area contributed by atoms with Crippen LogP contribution in [0.25, 0.3) is 16.9 Å². The minimum Gasteiger partial charge on any atom is -0.496 e. The molecule has 1 aromatic carbocycles. The molecule has 0 saturated carbocycles. The predicted octanol–water partition coefficient (Wildman–Crippen LogP) is 2.65. The molecule has 3 aromatic heterocycles. The van der Waals surface area contributed by atoms with Crippen molar-refractivity contribution in [3.63, 3.8) is 0 Å². The van der Waals surface area contributed by atoms with Gasteiger partial charge in [-0.3, -0.25) is 4.79 Å². The average Bonchev–Trinajstić information content (AvgIpc) is 3.37. The number of ether oxygens (including phenoxy) is 1. The van der Waals surface area contributed by atoms with Crippen LogP contribution in [-0.4, -0.2) is 37.4 Å². The molecule has 3 heterocycles. The van der Waals surface area contributed by atoms with Gasteiger partial charge in [-0.2, -0.15) is 15.5 Å². The number of aromatic nitrogens is 5. The van der Waals surface area contributed by atoms with Crippen molar-refractivity contribution in [3.05, 3.63) is 60.2 Å². The maximum Gasteiger partial charge on any atom is 0.261 e. The molecule has 0 aliphatic rings. The summed E-state index contributed by atoms with van der Waals surface area (Å²) in [6, 6.07) is 8.51. The van der Waals surface area contributed by atoms with Gasteiger partial charge in [0, 0.05) is 18.0 Å². The Labute approximate surface area is 164 Å². The minimum atomic E-state index is -0.888. The van der Waals surface area contributed by atoms with Gasteiger partial charge in [-0.15, -0.1) is 0 Å². The number of nitrogens with zero attached hydrogens (tertiary/aromatic N) is 6. The lowest BCUT2D eigenvalue weighted by atomic mass is 10.1. The fourth-order valence-electron chi connectivity index (χ4n) is 2.91. The van der Waals surface area contributed by atoms with Gasteiger partial charge in [-0.1, -0.05) is 0 Å². The van der Waals surface area contributed by atoms with E-state index in [9.17, 15) is 14.4 Å². The molecule has 0 bridgehead atoms. The second-order valence-corrected chi connectivity index (χ2v) is 5.98. The van der Waals surface area contributed by atoms with E-state index in [-0.39, 0.29) is 16.9 Å².